The molecule has 0 aliphatic rings. The van der Waals surface area contributed by atoms with E-state index in [1.54, 1.807) is 24.3 Å². The number of nitrogens with one attached hydrogen (secondary N) is 2. The van der Waals surface area contributed by atoms with E-state index in [2.05, 4.69) is 15.6 Å². The molecule has 0 saturated carbocycles. The summed E-state index contributed by atoms with van der Waals surface area (Å²) in [4.78, 5) is 28.4. The van der Waals surface area contributed by atoms with E-state index < -0.39 is 0 Å². The molecule has 5 nitrogen and oxygen atoms in total. The molecule has 120 valence electrons. The number of hydrogen-bond acceptors (Lipinski definition) is 3. The first-order chi connectivity index (χ1) is 10.8. The number of benzene rings is 1. The van der Waals surface area contributed by atoms with Crippen LogP contribution in [0.25, 0.3) is 0 Å². The highest BCUT2D eigenvalue weighted by molar-refractivity contribution is 6.33. The second-order valence-electron chi connectivity index (χ2n) is 6.10. The fourth-order valence-corrected chi connectivity index (χ4v) is 2.04. The second-order valence-corrected chi connectivity index (χ2v) is 6.51. The summed E-state index contributed by atoms with van der Waals surface area (Å²) in [6, 6.07) is 8.43. The van der Waals surface area contributed by atoms with Crippen molar-refractivity contribution in [3.8, 4) is 0 Å². The average Bonchev–Trinajstić information content (AvgIpc) is 2.48. The number of carbonyl (C=O) groups excluding carboxylic acids is 2. The molecule has 0 saturated heterocycles. The third-order valence-corrected chi connectivity index (χ3v) is 3.20. The summed E-state index contributed by atoms with van der Waals surface area (Å²) in [6.45, 7) is 5.64. The normalized spacial score (nSPS) is 11.0. The van der Waals surface area contributed by atoms with Crippen molar-refractivity contribution in [1.82, 2.24) is 10.3 Å². The minimum absolute atomic E-state index is 0.280. The van der Waals surface area contributed by atoms with Crippen molar-refractivity contribution >= 4 is 29.1 Å². The lowest BCUT2D eigenvalue weighted by molar-refractivity contribution is 0.0919. The van der Waals surface area contributed by atoms with Crippen LogP contribution in [-0.4, -0.2) is 22.3 Å². The van der Waals surface area contributed by atoms with Crippen LogP contribution in [-0.2, 0) is 0 Å². The van der Waals surface area contributed by atoms with Crippen LogP contribution in [0.1, 0.15) is 41.5 Å². The molecule has 0 unspecified atom stereocenters. The van der Waals surface area contributed by atoms with Crippen LogP contribution in [0.3, 0.4) is 0 Å². The van der Waals surface area contributed by atoms with E-state index in [-0.39, 0.29) is 22.9 Å². The zero-order valence-corrected chi connectivity index (χ0v) is 13.9. The van der Waals surface area contributed by atoms with Crippen molar-refractivity contribution in [2.75, 3.05) is 5.32 Å². The number of nitrogens with zero attached hydrogens (tertiary/aromatic N) is 1. The van der Waals surface area contributed by atoms with Crippen LogP contribution in [0.15, 0.2) is 42.7 Å². The van der Waals surface area contributed by atoms with Gasteiger partial charge >= 0.3 is 0 Å². The maximum atomic E-state index is 12.3. The van der Waals surface area contributed by atoms with Gasteiger partial charge in [0.15, 0.2) is 0 Å². The third-order valence-electron chi connectivity index (χ3n) is 2.87. The first-order valence-corrected chi connectivity index (χ1v) is 7.47. The van der Waals surface area contributed by atoms with Gasteiger partial charge in [-0.05, 0) is 39.0 Å². The number of pyridine rings is 1. The Labute approximate surface area is 140 Å². The van der Waals surface area contributed by atoms with E-state index in [1.807, 2.05) is 20.8 Å². The van der Waals surface area contributed by atoms with Crippen molar-refractivity contribution in [2.45, 2.75) is 26.3 Å². The third kappa shape index (κ3) is 4.79. The molecule has 1 aromatic carbocycles. The van der Waals surface area contributed by atoms with E-state index in [9.17, 15) is 9.59 Å². The minimum Gasteiger partial charge on any atom is -0.347 e. The smallest absolute Gasteiger partial charge is 0.257 e. The number of anilines is 1. The maximum absolute atomic E-state index is 12.3. The molecule has 0 spiro atoms. The summed E-state index contributed by atoms with van der Waals surface area (Å²) in [7, 11) is 0. The fourth-order valence-electron chi connectivity index (χ4n) is 1.86. The van der Waals surface area contributed by atoms with Gasteiger partial charge < -0.3 is 10.6 Å². The number of hydrogen-bond donors (Lipinski definition) is 2. The Bertz CT molecular complexity index is 739. The number of rotatable bonds is 3. The lowest BCUT2D eigenvalue weighted by atomic mass is 10.1. The predicted molar refractivity (Wildman–Crippen MR) is 90.9 cm³/mol. The van der Waals surface area contributed by atoms with E-state index in [4.69, 9.17) is 11.6 Å². The van der Waals surface area contributed by atoms with E-state index in [1.165, 1.54) is 18.5 Å². The highest BCUT2D eigenvalue weighted by Gasteiger charge is 2.17. The maximum Gasteiger partial charge on any atom is 0.257 e. The number of amides is 2. The van der Waals surface area contributed by atoms with Crippen LogP contribution in [0, 0.1) is 0 Å². The zero-order valence-electron chi connectivity index (χ0n) is 13.2. The molecule has 6 heteroatoms. The largest absolute Gasteiger partial charge is 0.347 e. The van der Waals surface area contributed by atoms with Crippen molar-refractivity contribution in [2.24, 2.45) is 0 Å². The van der Waals surface area contributed by atoms with Crippen LogP contribution in [0.5, 0.6) is 0 Å². The molecule has 2 N–H and O–H groups in total. The number of aromatic nitrogens is 1. The van der Waals surface area contributed by atoms with Gasteiger partial charge in [-0.3, -0.25) is 14.6 Å². The SMILES string of the molecule is CC(C)(C)NC(=O)c1cncc(C(=O)Nc2ccccc2Cl)c1. The average molecular weight is 332 g/mol. The quantitative estimate of drug-likeness (QED) is 0.904. The molecule has 2 amide bonds. The molecule has 0 fully saturated rings. The Balaban J connectivity index is 2.18. The van der Waals surface area contributed by atoms with Crippen LogP contribution in [0.4, 0.5) is 5.69 Å². The number of para-hydroxylation sites is 1. The highest BCUT2D eigenvalue weighted by Crippen LogP contribution is 2.21. The summed E-state index contributed by atoms with van der Waals surface area (Å²) < 4.78 is 0. The van der Waals surface area contributed by atoms with Gasteiger partial charge in [0.25, 0.3) is 11.8 Å². The topological polar surface area (TPSA) is 71.1 Å². The summed E-state index contributed by atoms with van der Waals surface area (Å²) in [5, 5.41) is 5.97. The standard InChI is InChI=1S/C17H18ClN3O2/c1-17(2,3)21-16(23)12-8-11(9-19-10-12)15(22)20-14-7-5-4-6-13(14)18/h4-10H,1-3H3,(H,20,22)(H,21,23). The first kappa shape index (κ1) is 17.0. The summed E-state index contributed by atoms with van der Waals surface area (Å²) in [6.07, 6.45) is 2.83. The van der Waals surface area contributed by atoms with Crippen LogP contribution < -0.4 is 10.6 Å². The molecule has 2 aromatic rings. The van der Waals surface area contributed by atoms with E-state index in [0.717, 1.165) is 0 Å². The number of carbonyl (C=O) groups is 2. The Morgan fingerprint density at radius 1 is 1.04 bits per heavy atom. The molecule has 0 atom stereocenters. The molecule has 0 aliphatic heterocycles. The molecule has 1 heterocycles. The zero-order chi connectivity index (χ0) is 17.0. The summed E-state index contributed by atoms with van der Waals surface area (Å²) >= 11 is 6.02. The Morgan fingerprint density at radius 2 is 1.65 bits per heavy atom. The molecule has 0 radical (unpaired) electrons. The van der Waals surface area contributed by atoms with Gasteiger partial charge in [0, 0.05) is 17.9 Å². The van der Waals surface area contributed by atoms with Crippen LogP contribution in [0.2, 0.25) is 5.02 Å². The highest BCUT2D eigenvalue weighted by atomic mass is 35.5. The van der Waals surface area contributed by atoms with Gasteiger partial charge in [0.1, 0.15) is 0 Å². The van der Waals surface area contributed by atoms with Gasteiger partial charge in [0.05, 0.1) is 21.8 Å². The van der Waals surface area contributed by atoms with Crippen LogP contribution >= 0.6 is 11.6 Å². The lowest BCUT2D eigenvalue weighted by Gasteiger charge is -2.20. The Hall–Kier alpha value is -2.40. The van der Waals surface area contributed by atoms with Gasteiger partial charge in [-0.1, -0.05) is 23.7 Å². The summed E-state index contributed by atoms with van der Waals surface area (Å²) in [5.41, 5.74) is 0.745. The molecule has 0 aliphatic carbocycles. The van der Waals surface area contributed by atoms with Gasteiger partial charge in [-0.25, -0.2) is 0 Å². The van der Waals surface area contributed by atoms with Gasteiger partial charge in [0.2, 0.25) is 0 Å². The van der Waals surface area contributed by atoms with Gasteiger partial charge in [-0.15, -0.1) is 0 Å². The number of halogens is 1. The van der Waals surface area contributed by atoms with Gasteiger partial charge in [-0.2, -0.15) is 0 Å². The molecule has 1 aromatic heterocycles. The van der Waals surface area contributed by atoms with Crippen molar-refractivity contribution in [3.05, 3.63) is 58.9 Å². The van der Waals surface area contributed by atoms with Crippen molar-refractivity contribution in [3.63, 3.8) is 0 Å². The molecular formula is C17H18ClN3O2. The predicted octanol–water partition coefficient (Wildman–Crippen LogP) is 3.52. The Morgan fingerprint density at radius 3 is 2.26 bits per heavy atom. The molecule has 0 bridgehead atoms. The Kier molecular flexibility index (Phi) is 5.01. The molecule has 2 rings (SSSR count). The summed E-state index contributed by atoms with van der Waals surface area (Å²) in [5.74, 6) is -0.659. The monoisotopic (exact) mass is 331 g/mol. The van der Waals surface area contributed by atoms with E-state index >= 15 is 0 Å². The van der Waals surface area contributed by atoms with Crippen molar-refractivity contribution in [1.29, 1.82) is 0 Å². The fraction of sp³-hybridized carbons (Fsp3) is 0.235. The van der Waals surface area contributed by atoms with Crippen molar-refractivity contribution < 1.29 is 9.59 Å². The molecule has 23 heavy (non-hydrogen) atoms. The lowest BCUT2D eigenvalue weighted by Crippen LogP contribution is -2.40. The second kappa shape index (κ2) is 6.79. The first-order valence-electron chi connectivity index (χ1n) is 7.10. The van der Waals surface area contributed by atoms with E-state index in [0.29, 0.717) is 16.3 Å². The molecular weight excluding hydrogens is 314 g/mol. The minimum atomic E-state index is -0.379.